The van der Waals surface area contributed by atoms with E-state index in [2.05, 4.69) is 0 Å². The van der Waals surface area contributed by atoms with Gasteiger partial charge in [0.05, 0.1) is 6.61 Å². The number of hydrogen-bond donors (Lipinski definition) is 1. The Morgan fingerprint density at radius 3 is 2.65 bits per heavy atom. The normalized spacial score (nSPS) is 10.0. The van der Waals surface area contributed by atoms with Gasteiger partial charge < -0.3 is 9.84 Å². The van der Waals surface area contributed by atoms with Crippen LogP contribution >= 0.6 is 11.6 Å². The molecule has 1 aromatic carbocycles. The second-order valence-corrected chi connectivity index (χ2v) is 3.69. The molecule has 0 radical (unpaired) electrons. The summed E-state index contributed by atoms with van der Waals surface area (Å²) in [6, 6.07) is 4.09. The molecule has 0 aliphatic carbocycles. The van der Waals surface area contributed by atoms with Gasteiger partial charge in [-0.1, -0.05) is 6.07 Å². The van der Waals surface area contributed by atoms with Crippen molar-refractivity contribution in [3.8, 4) is 5.75 Å². The van der Waals surface area contributed by atoms with Gasteiger partial charge in [-0.15, -0.1) is 11.6 Å². The number of carbonyl (C=O) groups excluding carboxylic acids is 2. The summed E-state index contributed by atoms with van der Waals surface area (Å²) in [5.41, 5.74) is 0.380. The molecule has 92 valence electrons. The van der Waals surface area contributed by atoms with Crippen molar-refractivity contribution in [3.05, 3.63) is 29.3 Å². The number of phenols is 1. The number of Topliss-reactive ketones (excluding diaryl/α,β-unsaturated/α-hetero) is 1. The number of esters is 1. The Labute approximate surface area is 104 Å². The molecule has 0 unspecified atom stereocenters. The van der Waals surface area contributed by atoms with Crippen LogP contribution in [0.25, 0.3) is 0 Å². The summed E-state index contributed by atoms with van der Waals surface area (Å²) in [6.45, 7) is 1.90. The van der Waals surface area contributed by atoms with Crippen LogP contribution in [0.5, 0.6) is 5.75 Å². The van der Waals surface area contributed by atoms with Crippen LogP contribution in [0.3, 0.4) is 0 Å². The van der Waals surface area contributed by atoms with E-state index in [-0.39, 0.29) is 36.0 Å². The molecule has 0 aliphatic heterocycles. The smallest absolute Gasteiger partial charge is 0.341 e. The average Bonchev–Trinajstić information content (AvgIpc) is 2.29. The molecule has 0 fully saturated rings. The molecule has 0 amide bonds. The van der Waals surface area contributed by atoms with Crippen molar-refractivity contribution in [2.24, 2.45) is 0 Å². The summed E-state index contributed by atoms with van der Waals surface area (Å²) in [7, 11) is 0. The predicted octanol–water partition coefficient (Wildman–Crippen LogP) is 2.38. The number of aromatic hydroxyl groups is 1. The Morgan fingerprint density at radius 1 is 1.41 bits per heavy atom. The van der Waals surface area contributed by atoms with Gasteiger partial charge in [-0.05, 0) is 19.1 Å². The molecule has 1 aromatic rings. The fourth-order valence-electron chi connectivity index (χ4n) is 1.32. The maximum absolute atomic E-state index is 11.5. The average molecular weight is 257 g/mol. The fourth-order valence-corrected chi connectivity index (χ4v) is 1.49. The van der Waals surface area contributed by atoms with Crippen LogP contribution in [0.15, 0.2) is 18.2 Å². The minimum Gasteiger partial charge on any atom is -0.507 e. The summed E-state index contributed by atoms with van der Waals surface area (Å²) in [5.74, 6) is -0.824. The van der Waals surface area contributed by atoms with Crippen molar-refractivity contribution < 1.29 is 19.4 Å². The van der Waals surface area contributed by atoms with Crippen molar-refractivity contribution in [3.63, 3.8) is 0 Å². The van der Waals surface area contributed by atoms with E-state index in [1.807, 2.05) is 0 Å². The SMILES string of the molecule is CCOC(=O)c1ccc(C(=O)CCCl)cc1O. The number of halogens is 1. The third-order valence-electron chi connectivity index (χ3n) is 2.14. The molecule has 0 aliphatic rings. The van der Waals surface area contributed by atoms with Crippen molar-refractivity contribution in [1.82, 2.24) is 0 Å². The number of carbonyl (C=O) groups is 2. The van der Waals surface area contributed by atoms with Crippen LogP contribution in [-0.4, -0.2) is 29.3 Å². The standard InChI is InChI=1S/C12H13ClO4/c1-2-17-12(16)9-4-3-8(7-11(9)15)10(14)5-6-13/h3-4,7,15H,2,5-6H2,1H3. The fraction of sp³-hybridized carbons (Fsp3) is 0.333. The lowest BCUT2D eigenvalue weighted by Gasteiger charge is -2.06. The zero-order chi connectivity index (χ0) is 12.8. The summed E-state index contributed by atoms with van der Waals surface area (Å²) in [5, 5.41) is 9.62. The molecule has 4 nitrogen and oxygen atoms in total. The molecule has 5 heteroatoms. The lowest BCUT2D eigenvalue weighted by atomic mass is 10.1. The molecule has 0 bridgehead atoms. The monoisotopic (exact) mass is 256 g/mol. The van der Waals surface area contributed by atoms with Gasteiger partial charge in [-0.25, -0.2) is 4.79 Å². The quantitative estimate of drug-likeness (QED) is 0.499. The van der Waals surface area contributed by atoms with E-state index in [1.165, 1.54) is 18.2 Å². The Bertz CT molecular complexity index is 429. The molecule has 1 N–H and O–H groups in total. The zero-order valence-corrected chi connectivity index (χ0v) is 10.2. The first-order valence-corrected chi connectivity index (χ1v) is 5.73. The Hall–Kier alpha value is -1.55. The highest BCUT2D eigenvalue weighted by molar-refractivity contribution is 6.19. The minimum absolute atomic E-state index is 0.0503. The molecular weight excluding hydrogens is 244 g/mol. The van der Waals surface area contributed by atoms with E-state index in [1.54, 1.807) is 6.92 Å². The molecule has 0 spiro atoms. The number of hydrogen-bond acceptors (Lipinski definition) is 4. The van der Waals surface area contributed by atoms with E-state index in [0.29, 0.717) is 5.56 Å². The maximum atomic E-state index is 11.5. The zero-order valence-electron chi connectivity index (χ0n) is 9.40. The van der Waals surface area contributed by atoms with Gasteiger partial charge in [-0.2, -0.15) is 0 Å². The third-order valence-corrected chi connectivity index (χ3v) is 2.33. The van der Waals surface area contributed by atoms with Crippen LogP contribution < -0.4 is 0 Å². The Morgan fingerprint density at radius 2 is 2.12 bits per heavy atom. The van der Waals surface area contributed by atoms with Crippen LogP contribution in [0.1, 0.15) is 34.1 Å². The first kappa shape index (κ1) is 13.5. The molecule has 0 heterocycles. The van der Waals surface area contributed by atoms with Crippen LogP contribution in [0.2, 0.25) is 0 Å². The van der Waals surface area contributed by atoms with Gasteiger partial charge in [0.1, 0.15) is 11.3 Å². The van der Waals surface area contributed by atoms with Crippen LogP contribution in [-0.2, 0) is 4.74 Å². The van der Waals surface area contributed by atoms with Gasteiger partial charge in [0, 0.05) is 17.9 Å². The predicted molar refractivity (Wildman–Crippen MR) is 63.7 cm³/mol. The second-order valence-electron chi connectivity index (χ2n) is 3.31. The minimum atomic E-state index is -0.610. The molecule has 0 saturated heterocycles. The summed E-state index contributed by atoms with van der Waals surface area (Å²) < 4.78 is 4.75. The van der Waals surface area contributed by atoms with Crippen molar-refractivity contribution >= 4 is 23.4 Å². The molecular formula is C12H13ClO4. The number of benzene rings is 1. The lowest BCUT2D eigenvalue weighted by Crippen LogP contribution is -2.06. The van der Waals surface area contributed by atoms with Gasteiger partial charge in [-0.3, -0.25) is 4.79 Å². The van der Waals surface area contributed by atoms with Gasteiger partial charge >= 0.3 is 5.97 Å². The Balaban J connectivity index is 2.93. The summed E-state index contributed by atoms with van der Waals surface area (Å²) >= 11 is 5.45. The number of ketones is 1. The maximum Gasteiger partial charge on any atom is 0.341 e. The first-order chi connectivity index (χ1) is 8.10. The summed E-state index contributed by atoms with van der Waals surface area (Å²) in [4.78, 5) is 22.9. The van der Waals surface area contributed by atoms with E-state index >= 15 is 0 Å². The van der Waals surface area contributed by atoms with E-state index in [9.17, 15) is 14.7 Å². The summed E-state index contributed by atoms with van der Waals surface area (Å²) in [6.07, 6.45) is 0.194. The number of alkyl halides is 1. The van der Waals surface area contributed by atoms with E-state index < -0.39 is 5.97 Å². The highest BCUT2D eigenvalue weighted by atomic mass is 35.5. The molecule has 0 atom stereocenters. The topological polar surface area (TPSA) is 63.6 Å². The van der Waals surface area contributed by atoms with E-state index in [4.69, 9.17) is 16.3 Å². The second kappa shape index (κ2) is 6.25. The Kier molecular flexibility index (Phi) is 4.97. The molecule has 0 saturated carbocycles. The molecule has 17 heavy (non-hydrogen) atoms. The highest BCUT2D eigenvalue weighted by Gasteiger charge is 2.14. The van der Waals surface area contributed by atoms with Crippen LogP contribution in [0, 0.1) is 0 Å². The third kappa shape index (κ3) is 3.46. The number of rotatable bonds is 5. The van der Waals surface area contributed by atoms with Gasteiger partial charge in [0.2, 0.25) is 0 Å². The largest absolute Gasteiger partial charge is 0.507 e. The lowest BCUT2D eigenvalue weighted by molar-refractivity contribution is 0.0522. The molecule has 0 aromatic heterocycles. The van der Waals surface area contributed by atoms with Gasteiger partial charge in [0.25, 0.3) is 0 Å². The van der Waals surface area contributed by atoms with E-state index in [0.717, 1.165) is 0 Å². The van der Waals surface area contributed by atoms with Crippen molar-refractivity contribution in [2.75, 3.05) is 12.5 Å². The van der Waals surface area contributed by atoms with Gasteiger partial charge in [0.15, 0.2) is 5.78 Å². The van der Waals surface area contributed by atoms with Crippen molar-refractivity contribution in [1.29, 1.82) is 0 Å². The first-order valence-electron chi connectivity index (χ1n) is 5.19. The van der Waals surface area contributed by atoms with Crippen molar-refractivity contribution in [2.45, 2.75) is 13.3 Å². The molecule has 1 rings (SSSR count). The van der Waals surface area contributed by atoms with Crippen LogP contribution in [0.4, 0.5) is 0 Å². The number of ether oxygens (including phenoxy) is 1. The number of phenolic OH excluding ortho intramolecular Hbond substituents is 1. The highest BCUT2D eigenvalue weighted by Crippen LogP contribution is 2.20.